The van der Waals surface area contributed by atoms with Crippen molar-refractivity contribution in [2.24, 2.45) is 0 Å². The molecule has 0 bridgehead atoms. The van der Waals surface area contributed by atoms with Crippen molar-refractivity contribution in [3.05, 3.63) is 107 Å². The predicted octanol–water partition coefficient (Wildman–Crippen LogP) is 7.22. The Labute approximate surface area is 181 Å². The lowest BCUT2D eigenvalue weighted by atomic mass is 9.66. The molecule has 0 aliphatic heterocycles. The van der Waals surface area contributed by atoms with Crippen LogP contribution < -0.4 is 0 Å². The highest BCUT2D eigenvalue weighted by Crippen LogP contribution is 2.56. The smallest absolute Gasteiger partial charge is 0.159 e. The second-order valence-electron chi connectivity index (χ2n) is 10.2. The van der Waals surface area contributed by atoms with Crippen molar-refractivity contribution >= 4 is 5.78 Å². The van der Waals surface area contributed by atoms with E-state index in [9.17, 15) is 4.79 Å². The number of benzene rings is 3. The standard InChI is InChI=1S/C29H32O/c1-21(30)22-15-17-23(18-16-22)27(2,3)19-28(4)20-29(5,24-11-7-6-8-12-24)26-14-10-9-13-25(26)28/h6-18H,19-20H2,1-5H3. The number of carbonyl (C=O) groups is 1. The van der Waals surface area contributed by atoms with Gasteiger partial charge in [-0.25, -0.2) is 0 Å². The van der Waals surface area contributed by atoms with E-state index >= 15 is 0 Å². The number of Topliss-reactive ketones (excluding diaryl/α,β-unsaturated/α-hetero) is 1. The van der Waals surface area contributed by atoms with Crippen LogP contribution in [-0.2, 0) is 16.2 Å². The molecule has 2 atom stereocenters. The van der Waals surface area contributed by atoms with Crippen LogP contribution in [0.1, 0.15) is 80.1 Å². The molecule has 3 aromatic rings. The van der Waals surface area contributed by atoms with Gasteiger partial charge in [0.2, 0.25) is 0 Å². The quantitative estimate of drug-likeness (QED) is 0.416. The zero-order valence-electron chi connectivity index (χ0n) is 18.8. The maximum absolute atomic E-state index is 11.7. The fourth-order valence-electron chi connectivity index (χ4n) is 5.92. The molecule has 0 saturated carbocycles. The summed E-state index contributed by atoms with van der Waals surface area (Å²) >= 11 is 0. The van der Waals surface area contributed by atoms with Gasteiger partial charge in [0.05, 0.1) is 0 Å². The average Bonchev–Trinajstić information content (AvgIpc) is 2.96. The van der Waals surface area contributed by atoms with Gasteiger partial charge in [0, 0.05) is 11.0 Å². The first-order valence-electron chi connectivity index (χ1n) is 10.9. The van der Waals surface area contributed by atoms with E-state index in [0.29, 0.717) is 0 Å². The van der Waals surface area contributed by atoms with Gasteiger partial charge in [0.15, 0.2) is 5.78 Å². The van der Waals surface area contributed by atoms with Crippen molar-refractivity contribution in [1.29, 1.82) is 0 Å². The highest BCUT2D eigenvalue weighted by molar-refractivity contribution is 5.94. The molecule has 4 rings (SSSR count). The van der Waals surface area contributed by atoms with Crippen molar-refractivity contribution in [2.75, 3.05) is 0 Å². The summed E-state index contributed by atoms with van der Waals surface area (Å²) in [5, 5.41) is 0. The van der Waals surface area contributed by atoms with Gasteiger partial charge in [-0.05, 0) is 52.8 Å². The SMILES string of the molecule is CC(=O)c1ccc(C(C)(C)CC2(C)CC(C)(c3ccccc3)c3ccccc32)cc1. The van der Waals surface area contributed by atoms with E-state index < -0.39 is 0 Å². The lowest BCUT2D eigenvalue weighted by Crippen LogP contribution is -2.32. The third-order valence-corrected chi connectivity index (χ3v) is 7.23. The van der Waals surface area contributed by atoms with Crippen LogP contribution in [-0.4, -0.2) is 5.78 Å². The molecule has 1 nitrogen and oxygen atoms in total. The minimum atomic E-state index is -0.000875. The third-order valence-electron chi connectivity index (χ3n) is 7.23. The minimum absolute atomic E-state index is 0.000875. The lowest BCUT2D eigenvalue weighted by Gasteiger charge is -2.37. The van der Waals surface area contributed by atoms with Crippen molar-refractivity contribution in [1.82, 2.24) is 0 Å². The summed E-state index contributed by atoms with van der Waals surface area (Å²) in [6.45, 7) is 11.1. The second kappa shape index (κ2) is 7.23. The van der Waals surface area contributed by atoms with Crippen molar-refractivity contribution in [2.45, 2.75) is 63.7 Å². The Kier molecular flexibility index (Phi) is 4.97. The summed E-state index contributed by atoms with van der Waals surface area (Å²) in [4.78, 5) is 11.7. The summed E-state index contributed by atoms with van der Waals surface area (Å²) in [5.41, 5.74) is 6.49. The summed E-state index contributed by atoms with van der Waals surface area (Å²) < 4.78 is 0. The first-order valence-corrected chi connectivity index (χ1v) is 10.9. The van der Waals surface area contributed by atoms with E-state index in [0.717, 1.165) is 18.4 Å². The van der Waals surface area contributed by atoms with Crippen LogP contribution in [0.4, 0.5) is 0 Å². The van der Waals surface area contributed by atoms with Crippen molar-refractivity contribution in [3.63, 3.8) is 0 Å². The maximum atomic E-state index is 11.7. The molecule has 1 aliphatic rings. The minimum Gasteiger partial charge on any atom is -0.295 e. The number of rotatable bonds is 5. The van der Waals surface area contributed by atoms with Gasteiger partial charge in [0.25, 0.3) is 0 Å². The Morgan fingerprint density at radius 3 is 2.00 bits per heavy atom. The molecule has 0 saturated heterocycles. The van der Waals surface area contributed by atoms with Gasteiger partial charge in [-0.3, -0.25) is 4.79 Å². The Balaban J connectivity index is 1.73. The monoisotopic (exact) mass is 396 g/mol. The molecular formula is C29H32O. The van der Waals surface area contributed by atoms with E-state index in [2.05, 4.69) is 94.4 Å². The topological polar surface area (TPSA) is 17.1 Å². The number of ketones is 1. The molecule has 0 radical (unpaired) electrons. The summed E-state index contributed by atoms with van der Waals surface area (Å²) in [6, 6.07) is 28.2. The molecule has 1 heteroatoms. The van der Waals surface area contributed by atoms with Gasteiger partial charge in [0.1, 0.15) is 0 Å². The first kappa shape index (κ1) is 20.6. The Hall–Kier alpha value is -2.67. The number of carbonyl (C=O) groups excluding carboxylic acids is 1. The van der Waals surface area contributed by atoms with Crippen LogP contribution in [0.15, 0.2) is 78.9 Å². The molecule has 154 valence electrons. The van der Waals surface area contributed by atoms with Crippen molar-refractivity contribution in [3.8, 4) is 0 Å². The Bertz CT molecular complexity index is 1060. The van der Waals surface area contributed by atoms with Crippen LogP contribution in [0.25, 0.3) is 0 Å². The van der Waals surface area contributed by atoms with Gasteiger partial charge in [-0.1, -0.05) is 107 Å². The van der Waals surface area contributed by atoms with Crippen molar-refractivity contribution < 1.29 is 4.79 Å². The van der Waals surface area contributed by atoms with Crippen LogP contribution in [0.2, 0.25) is 0 Å². The lowest BCUT2D eigenvalue weighted by molar-refractivity contribution is 0.101. The zero-order chi connectivity index (χ0) is 21.6. The predicted molar refractivity (Wildman–Crippen MR) is 125 cm³/mol. The molecule has 2 unspecified atom stereocenters. The van der Waals surface area contributed by atoms with Gasteiger partial charge < -0.3 is 0 Å². The molecule has 0 spiro atoms. The summed E-state index contributed by atoms with van der Waals surface area (Å²) in [5.74, 6) is 0.120. The Morgan fingerprint density at radius 1 is 0.833 bits per heavy atom. The van der Waals surface area contributed by atoms with Crippen LogP contribution in [0.3, 0.4) is 0 Å². The normalized spacial score (nSPS) is 23.2. The molecule has 0 fully saturated rings. The molecule has 0 heterocycles. The van der Waals surface area contributed by atoms with E-state index in [1.54, 1.807) is 6.92 Å². The number of hydrogen-bond donors (Lipinski definition) is 0. The molecule has 0 amide bonds. The van der Waals surface area contributed by atoms with E-state index in [-0.39, 0.29) is 22.0 Å². The number of fused-ring (bicyclic) bond motifs is 1. The van der Waals surface area contributed by atoms with Gasteiger partial charge in [-0.2, -0.15) is 0 Å². The second-order valence-corrected chi connectivity index (χ2v) is 10.2. The largest absolute Gasteiger partial charge is 0.295 e. The molecule has 3 aromatic carbocycles. The van der Waals surface area contributed by atoms with Gasteiger partial charge in [-0.15, -0.1) is 0 Å². The molecule has 0 aromatic heterocycles. The fraction of sp³-hybridized carbons (Fsp3) is 0.345. The first-order chi connectivity index (χ1) is 14.2. The molecule has 0 N–H and O–H groups in total. The molecular weight excluding hydrogens is 364 g/mol. The average molecular weight is 397 g/mol. The molecule has 1 aliphatic carbocycles. The third kappa shape index (κ3) is 3.41. The van der Waals surface area contributed by atoms with Crippen LogP contribution in [0.5, 0.6) is 0 Å². The van der Waals surface area contributed by atoms with E-state index in [1.807, 2.05) is 12.1 Å². The van der Waals surface area contributed by atoms with Crippen LogP contribution in [0, 0.1) is 0 Å². The summed E-state index contributed by atoms with van der Waals surface area (Å²) in [7, 11) is 0. The number of hydrogen-bond acceptors (Lipinski definition) is 1. The summed E-state index contributed by atoms with van der Waals surface area (Å²) in [6.07, 6.45) is 2.15. The molecule has 30 heavy (non-hydrogen) atoms. The maximum Gasteiger partial charge on any atom is 0.159 e. The fourth-order valence-corrected chi connectivity index (χ4v) is 5.92. The van der Waals surface area contributed by atoms with Gasteiger partial charge >= 0.3 is 0 Å². The highest BCUT2D eigenvalue weighted by atomic mass is 16.1. The van der Waals surface area contributed by atoms with E-state index in [4.69, 9.17) is 0 Å². The zero-order valence-corrected chi connectivity index (χ0v) is 18.8. The highest BCUT2D eigenvalue weighted by Gasteiger charge is 2.49. The van der Waals surface area contributed by atoms with Crippen LogP contribution >= 0.6 is 0 Å². The Morgan fingerprint density at radius 2 is 1.40 bits per heavy atom. The van der Waals surface area contributed by atoms with E-state index in [1.165, 1.54) is 22.3 Å².